The van der Waals surface area contributed by atoms with Gasteiger partial charge in [-0.15, -0.1) is 0 Å². The van der Waals surface area contributed by atoms with Gasteiger partial charge in [0.15, 0.2) is 0 Å². The Kier molecular flexibility index (Phi) is 4.77. The number of rotatable bonds is 4. The van der Waals surface area contributed by atoms with Crippen LogP contribution in [0.25, 0.3) is 0 Å². The van der Waals surface area contributed by atoms with Crippen molar-refractivity contribution in [3.05, 3.63) is 35.4 Å². The van der Waals surface area contributed by atoms with E-state index in [0.29, 0.717) is 0 Å². The average molecular weight is 347 g/mol. The van der Waals surface area contributed by atoms with Crippen molar-refractivity contribution in [2.24, 2.45) is 0 Å². The Labute approximate surface area is 135 Å². The summed E-state index contributed by atoms with van der Waals surface area (Å²) in [5, 5.41) is 9.54. The van der Waals surface area contributed by atoms with Gasteiger partial charge in [-0.1, -0.05) is 18.2 Å². The SMILES string of the molecule is CC1(C)SC(=O)N(CC(O)Cc2ccccc2C(F)(F)F)C1=O. The first kappa shape index (κ1) is 17.8. The summed E-state index contributed by atoms with van der Waals surface area (Å²) >= 11 is 0.841. The van der Waals surface area contributed by atoms with Gasteiger partial charge in [0.2, 0.25) is 5.91 Å². The number of nitrogens with zero attached hydrogens (tertiary/aromatic N) is 1. The van der Waals surface area contributed by atoms with Gasteiger partial charge in [0.05, 0.1) is 23.0 Å². The highest BCUT2D eigenvalue weighted by molar-refractivity contribution is 8.16. The molecule has 1 saturated heterocycles. The molecule has 1 N–H and O–H groups in total. The van der Waals surface area contributed by atoms with E-state index in [1.54, 1.807) is 13.8 Å². The van der Waals surface area contributed by atoms with E-state index in [1.165, 1.54) is 18.2 Å². The van der Waals surface area contributed by atoms with Crippen LogP contribution < -0.4 is 0 Å². The molecule has 0 saturated carbocycles. The highest BCUT2D eigenvalue weighted by Crippen LogP contribution is 2.37. The quantitative estimate of drug-likeness (QED) is 0.909. The fourth-order valence-corrected chi connectivity index (χ4v) is 3.29. The molecule has 2 amide bonds. The fraction of sp³-hybridized carbons (Fsp3) is 0.467. The Morgan fingerprint density at radius 3 is 2.39 bits per heavy atom. The molecule has 1 aliphatic rings. The van der Waals surface area contributed by atoms with E-state index in [9.17, 15) is 27.9 Å². The molecule has 126 valence electrons. The van der Waals surface area contributed by atoms with E-state index in [-0.39, 0.29) is 18.5 Å². The number of alkyl halides is 3. The summed E-state index contributed by atoms with van der Waals surface area (Å²) < 4.78 is 37.9. The second-order valence-corrected chi connectivity index (χ2v) is 7.38. The zero-order valence-electron chi connectivity index (χ0n) is 12.6. The van der Waals surface area contributed by atoms with E-state index in [1.807, 2.05) is 0 Å². The van der Waals surface area contributed by atoms with Gasteiger partial charge in [-0.3, -0.25) is 14.5 Å². The van der Waals surface area contributed by atoms with Crippen LogP contribution in [0.4, 0.5) is 18.0 Å². The summed E-state index contributed by atoms with van der Waals surface area (Å²) in [6, 6.07) is 4.93. The van der Waals surface area contributed by atoms with Gasteiger partial charge in [-0.2, -0.15) is 13.2 Å². The normalized spacial score (nSPS) is 19.3. The van der Waals surface area contributed by atoms with E-state index < -0.39 is 33.7 Å². The number of carbonyl (C=O) groups excluding carboxylic acids is 2. The average Bonchev–Trinajstić information content (AvgIpc) is 2.60. The summed E-state index contributed by atoms with van der Waals surface area (Å²) in [4.78, 5) is 24.7. The topological polar surface area (TPSA) is 57.6 Å². The van der Waals surface area contributed by atoms with Gasteiger partial charge in [-0.05, 0) is 37.2 Å². The summed E-state index contributed by atoms with van der Waals surface area (Å²) in [6.45, 7) is 2.85. The highest BCUT2D eigenvalue weighted by Gasteiger charge is 2.46. The number of benzene rings is 1. The first-order valence-electron chi connectivity index (χ1n) is 6.90. The molecular weight excluding hydrogens is 331 g/mol. The summed E-state index contributed by atoms with van der Waals surface area (Å²) in [5.41, 5.74) is -0.897. The number of β-amino-alcohol motifs (C(OH)–C–C–N with tert-alkyl or cyclic N) is 1. The molecule has 1 aliphatic heterocycles. The number of thioether (sulfide) groups is 1. The number of halogens is 3. The van der Waals surface area contributed by atoms with Crippen molar-refractivity contribution in [1.82, 2.24) is 4.90 Å². The monoisotopic (exact) mass is 347 g/mol. The number of carbonyl (C=O) groups is 2. The summed E-state index contributed by atoms with van der Waals surface area (Å²) in [5.74, 6) is -0.448. The number of hydrogen-bond acceptors (Lipinski definition) is 4. The Balaban J connectivity index is 2.11. The summed E-state index contributed by atoms with van der Waals surface area (Å²) in [6.07, 6.45) is -6.08. The zero-order valence-corrected chi connectivity index (χ0v) is 13.4. The number of amides is 2. The minimum absolute atomic E-state index is 0.0708. The van der Waals surface area contributed by atoms with E-state index in [2.05, 4.69) is 0 Å². The first-order chi connectivity index (χ1) is 10.5. The molecule has 1 atom stereocenters. The molecule has 0 bridgehead atoms. The molecule has 0 spiro atoms. The first-order valence-corrected chi connectivity index (χ1v) is 7.72. The second kappa shape index (κ2) is 6.16. The van der Waals surface area contributed by atoms with Crippen molar-refractivity contribution in [2.45, 2.75) is 37.3 Å². The fourth-order valence-electron chi connectivity index (χ4n) is 2.39. The van der Waals surface area contributed by atoms with Crippen LogP contribution in [-0.4, -0.2) is 38.5 Å². The number of imide groups is 1. The van der Waals surface area contributed by atoms with Crippen LogP contribution >= 0.6 is 11.8 Å². The predicted octanol–water partition coefficient (Wildman–Crippen LogP) is 3.08. The van der Waals surface area contributed by atoms with Crippen LogP contribution in [0.5, 0.6) is 0 Å². The van der Waals surface area contributed by atoms with E-state index in [4.69, 9.17) is 0 Å². The molecule has 8 heteroatoms. The molecule has 1 fully saturated rings. The molecule has 0 aromatic heterocycles. The summed E-state index contributed by atoms with van der Waals surface area (Å²) in [7, 11) is 0. The largest absolute Gasteiger partial charge is 0.416 e. The molecule has 1 aromatic carbocycles. The van der Waals surface area contributed by atoms with Gasteiger partial charge in [0, 0.05) is 6.42 Å². The van der Waals surface area contributed by atoms with E-state index in [0.717, 1.165) is 22.7 Å². The van der Waals surface area contributed by atoms with Gasteiger partial charge in [-0.25, -0.2) is 0 Å². The third-order valence-electron chi connectivity index (χ3n) is 3.49. The van der Waals surface area contributed by atoms with Crippen LogP contribution in [0.1, 0.15) is 25.0 Å². The minimum atomic E-state index is -4.52. The maximum Gasteiger partial charge on any atom is 0.416 e. The van der Waals surface area contributed by atoms with Gasteiger partial charge in [0.1, 0.15) is 0 Å². The Morgan fingerprint density at radius 2 is 1.87 bits per heavy atom. The van der Waals surface area contributed by atoms with Crippen molar-refractivity contribution >= 4 is 22.9 Å². The van der Waals surface area contributed by atoms with Crippen molar-refractivity contribution < 1.29 is 27.9 Å². The molecular formula is C15H16F3NO3S. The molecule has 23 heavy (non-hydrogen) atoms. The number of aliphatic hydroxyl groups is 1. The van der Waals surface area contributed by atoms with Crippen LogP contribution in [0.2, 0.25) is 0 Å². The van der Waals surface area contributed by atoms with Gasteiger partial charge in [0.25, 0.3) is 5.24 Å². The molecule has 1 unspecified atom stereocenters. The Bertz CT molecular complexity index is 631. The van der Waals surface area contributed by atoms with E-state index >= 15 is 0 Å². The van der Waals surface area contributed by atoms with Crippen molar-refractivity contribution in [3.8, 4) is 0 Å². The van der Waals surface area contributed by atoms with Crippen LogP contribution in [0, 0.1) is 0 Å². The van der Waals surface area contributed by atoms with Crippen molar-refractivity contribution in [2.75, 3.05) is 6.54 Å². The number of aliphatic hydroxyl groups excluding tert-OH is 1. The lowest BCUT2D eigenvalue weighted by Gasteiger charge is -2.21. The van der Waals surface area contributed by atoms with Crippen LogP contribution in [0.3, 0.4) is 0 Å². The molecule has 1 aromatic rings. The highest BCUT2D eigenvalue weighted by atomic mass is 32.2. The van der Waals surface area contributed by atoms with Gasteiger partial charge >= 0.3 is 6.18 Å². The maximum atomic E-state index is 12.9. The van der Waals surface area contributed by atoms with Crippen LogP contribution in [0.15, 0.2) is 24.3 Å². The Morgan fingerprint density at radius 1 is 1.26 bits per heavy atom. The smallest absolute Gasteiger partial charge is 0.391 e. The van der Waals surface area contributed by atoms with Crippen LogP contribution in [-0.2, 0) is 17.4 Å². The lowest BCUT2D eigenvalue weighted by molar-refractivity contribution is -0.138. The lowest BCUT2D eigenvalue weighted by atomic mass is 10.0. The minimum Gasteiger partial charge on any atom is -0.391 e. The molecule has 0 radical (unpaired) electrons. The third-order valence-corrected chi connectivity index (χ3v) is 4.57. The predicted molar refractivity (Wildman–Crippen MR) is 79.9 cm³/mol. The zero-order chi connectivity index (χ0) is 17.4. The third kappa shape index (κ3) is 3.87. The molecule has 1 heterocycles. The number of hydrogen-bond donors (Lipinski definition) is 1. The maximum absolute atomic E-state index is 12.9. The van der Waals surface area contributed by atoms with Gasteiger partial charge < -0.3 is 5.11 Å². The lowest BCUT2D eigenvalue weighted by Crippen LogP contribution is -2.41. The standard InChI is InChI=1S/C15H16F3NO3S/c1-14(2)12(21)19(13(22)23-14)8-10(20)7-9-5-3-4-6-11(9)15(16,17)18/h3-6,10,20H,7-8H2,1-2H3. The second-order valence-electron chi connectivity index (χ2n) is 5.81. The Hall–Kier alpha value is -1.54. The van der Waals surface area contributed by atoms with Crippen molar-refractivity contribution in [1.29, 1.82) is 0 Å². The molecule has 4 nitrogen and oxygen atoms in total. The molecule has 2 rings (SSSR count). The van der Waals surface area contributed by atoms with Crippen molar-refractivity contribution in [3.63, 3.8) is 0 Å². The molecule has 0 aliphatic carbocycles.